The highest BCUT2D eigenvalue weighted by molar-refractivity contribution is 8.13. The first-order chi connectivity index (χ1) is 4.06. The summed E-state index contributed by atoms with van der Waals surface area (Å²) in [5.41, 5.74) is 0. The molecule has 0 atom stereocenters. The minimum absolute atomic E-state index is 0.0115. The molecule has 0 rings (SSSR count). The third-order valence-electron chi connectivity index (χ3n) is 0.737. The smallest absolute Gasteiger partial charge is 0.232 e. The minimum atomic E-state index is -3.30. The van der Waals surface area contributed by atoms with Crippen molar-refractivity contribution < 1.29 is 13.2 Å². The molecule has 0 aromatic rings. The zero-order valence-electron chi connectivity index (χ0n) is 5.13. The quantitative estimate of drug-likeness (QED) is 0.461. The third-order valence-corrected chi connectivity index (χ3v) is 1.98. The summed E-state index contributed by atoms with van der Waals surface area (Å²) in [6.07, 6.45) is 0.461. The highest BCUT2D eigenvalue weighted by Gasteiger charge is 2.02. The van der Waals surface area contributed by atoms with E-state index < -0.39 is 9.05 Å². The highest BCUT2D eigenvalue weighted by atomic mass is 35.7. The summed E-state index contributed by atoms with van der Waals surface area (Å²) in [4.78, 5) is 0. The Morgan fingerprint density at radius 3 is 2.44 bits per heavy atom. The Kier molecular flexibility index (Phi) is 4.18. The van der Waals surface area contributed by atoms with Gasteiger partial charge in [0.1, 0.15) is 0 Å². The van der Waals surface area contributed by atoms with Crippen molar-refractivity contribution in [2.75, 3.05) is 19.5 Å². The fourth-order valence-corrected chi connectivity index (χ4v) is 1.17. The van der Waals surface area contributed by atoms with Gasteiger partial charge in [0.05, 0.1) is 5.75 Å². The Balaban J connectivity index is 3.30. The van der Waals surface area contributed by atoms with Gasteiger partial charge in [0.15, 0.2) is 0 Å². The van der Waals surface area contributed by atoms with E-state index in [1.165, 1.54) is 7.11 Å². The molecule has 0 N–H and O–H groups in total. The molecule has 0 aliphatic rings. The van der Waals surface area contributed by atoms with Crippen LogP contribution < -0.4 is 0 Å². The SMILES string of the molecule is COCCCS(=O)(=O)Cl. The molecule has 9 heavy (non-hydrogen) atoms. The zero-order valence-corrected chi connectivity index (χ0v) is 6.70. The van der Waals surface area contributed by atoms with E-state index in [2.05, 4.69) is 4.74 Å². The molecule has 0 aromatic heterocycles. The van der Waals surface area contributed by atoms with Crippen molar-refractivity contribution in [3.05, 3.63) is 0 Å². The molecule has 3 nitrogen and oxygen atoms in total. The predicted molar refractivity (Wildman–Crippen MR) is 36.1 cm³/mol. The number of ether oxygens (including phenoxy) is 1. The maximum atomic E-state index is 10.2. The maximum absolute atomic E-state index is 10.2. The van der Waals surface area contributed by atoms with Gasteiger partial charge in [-0.3, -0.25) is 0 Å². The molecule has 5 heteroatoms. The Hall–Kier alpha value is 0.200. The average molecular weight is 173 g/mol. The summed E-state index contributed by atoms with van der Waals surface area (Å²) in [6.45, 7) is 0.436. The van der Waals surface area contributed by atoms with E-state index >= 15 is 0 Å². The molecule has 0 amide bonds. The molecular formula is C4H9ClO3S. The van der Waals surface area contributed by atoms with Crippen molar-refractivity contribution >= 4 is 19.7 Å². The Bertz CT molecular complexity index is 151. The van der Waals surface area contributed by atoms with Gasteiger partial charge in [-0.2, -0.15) is 0 Å². The largest absolute Gasteiger partial charge is 0.385 e. The van der Waals surface area contributed by atoms with Crippen LogP contribution in [0.2, 0.25) is 0 Å². The normalized spacial score (nSPS) is 11.8. The molecule has 0 bridgehead atoms. The van der Waals surface area contributed by atoms with Crippen molar-refractivity contribution in [2.45, 2.75) is 6.42 Å². The fourth-order valence-electron chi connectivity index (χ4n) is 0.376. The lowest BCUT2D eigenvalue weighted by atomic mass is 10.5. The van der Waals surface area contributed by atoms with E-state index in [4.69, 9.17) is 10.7 Å². The number of hydrogen-bond donors (Lipinski definition) is 0. The monoisotopic (exact) mass is 172 g/mol. The number of methoxy groups -OCH3 is 1. The number of hydrogen-bond acceptors (Lipinski definition) is 3. The summed E-state index contributed by atoms with van der Waals surface area (Å²) in [6, 6.07) is 0. The number of halogens is 1. The molecule has 0 aliphatic heterocycles. The van der Waals surface area contributed by atoms with Crippen molar-refractivity contribution in [3.8, 4) is 0 Å². The van der Waals surface area contributed by atoms with E-state index in [1.807, 2.05) is 0 Å². The van der Waals surface area contributed by atoms with Crippen LogP contribution in [0.1, 0.15) is 6.42 Å². The van der Waals surface area contributed by atoms with Crippen LogP contribution in [-0.2, 0) is 13.8 Å². The molecule has 0 fully saturated rings. The van der Waals surface area contributed by atoms with Crippen LogP contribution in [-0.4, -0.2) is 27.9 Å². The number of rotatable bonds is 4. The molecular weight excluding hydrogens is 164 g/mol. The standard InChI is InChI=1S/C4H9ClO3S/c1-8-3-2-4-9(5,6)7/h2-4H2,1H3. The minimum Gasteiger partial charge on any atom is -0.385 e. The van der Waals surface area contributed by atoms with Gasteiger partial charge < -0.3 is 4.74 Å². The average Bonchev–Trinajstić information content (AvgIpc) is 1.63. The Morgan fingerprint density at radius 1 is 1.56 bits per heavy atom. The van der Waals surface area contributed by atoms with E-state index in [0.29, 0.717) is 13.0 Å². The van der Waals surface area contributed by atoms with Crippen LogP contribution in [0, 0.1) is 0 Å². The zero-order chi connectivity index (χ0) is 7.33. The van der Waals surface area contributed by atoms with Crippen LogP contribution in [0.15, 0.2) is 0 Å². The van der Waals surface area contributed by atoms with E-state index in [0.717, 1.165) is 0 Å². The van der Waals surface area contributed by atoms with Crippen molar-refractivity contribution in [2.24, 2.45) is 0 Å². The van der Waals surface area contributed by atoms with Gasteiger partial charge in [-0.25, -0.2) is 8.42 Å². The van der Waals surface area contributed by atoms with Crippen molar-refractivity contribution in [1.29, 1.82) is 0 Å². The molecule has 56 valence electrons. The highest BCUT2D eigenvalue weighted by Crippen LogP contribution is 1.97. The first-order valence-electron chi connectivity index (χ1n) is 2.47. The van der Waals surface area contributed by atoms with Gasteiger partial charge in [-0.05, 0) is 6.42 Å². The summed E-state index contributed by atoms with van der Waals surface area (Å²) >= 11 is 0. The van der Waals surface area contributed by atoms with E-state index in [-0.39, 0.29) is 5.75 Å². The molecule has 0 spiro atoms. The second-order valence-electron chi connectivity index (χ2n) is 1.59. The van der Waals surface area contributed by atoms with Crippen LogP contribution >= 0.6 is 10.7 Å². The first kappa shape index (κ1) is 9.20. The molecule has 0 saturated carbocycles. The molecule has 0 heterocycles. The van der Waals surface area contributed by atoms with Gasteiger partial charge in [-0.15, -0.1) is 0 Å². The fraction of sp³-hybridized carbons (Fsp3) is 1.00. The van der Waals surface area contributed by atoms with Crippen LogP contribution in [0.25, 0.3) is 0 Å². The van der Waals surface area contributed by atoms with Crippen LogP contribution in [0.3, 0.4) is 0 Å². The van der Waals surface area contributed by atoms with E-state index in [9.17, 15) is 8.42 Å². The predicted octanol–water partition coefficient (Wildman–Crippen LogP) is 0.592. The lowest BCUT2D eigenvalue weighted by Gasteiger charge is -1.93. The summed E-state index contributed by atoms with van der Waals surface area (Å²) in [5, 5.41) is 0. The lowest BCUT2D eigenvalue weighted by Crippen LogP contribution is -2.00. The summed E-state index contributed by atoms with van der Waals surface area (Å²) < 4.78 is 25.0. The van der Waals surface area contributed by atoms with Gasteiger partial charge in [-0.1, -0.05) is 0 Å². The molecule has 0 aliphatic carbocycles. The van der Waals surface area contributed by atoms with Crippen LogP contribution in [0.5, 0.6) is 0 Å². The third kappa shape index (κ3) is 8.20. The second-order valence-corrected chi connectivity index (χ2v) is 4.49. The van der Waals surface area contributed by atoms with E-state index in [1.54, 1.807) is 0 Å². The summed E-state index contributed by atoms with van der Waals surface area (Å²) in [5.74, 6) is -0.0115. The molecule has 0 saturated heterocycles. The Labute approximate surface area is 59.4 Å². The van der Waals surface area contributed by atoms with Crippen LogP contribution in [0.4, 0.5) is 0 Å². The molecule has 0 radical (unpaired) electrons. The van der Waals surface area contributed by atoms with Gasteiger partial charge in [0.2, 0.25) is 9.05 Å². The van der Waals surface area contributed by atoms with Crippen molar-refractivity contribution in [3.63, 3.8) is 0 Å². The van der Waals surface area contributed by atoms with Gasteiger partial charge >= 0.3 is 0 Å². The van der Waals surface area contributed by atoms with Gasteiger partial charge in [0.25, 0.3) is 0 Å². The van der Waals surface area contributed by atoms with Crippen molar-refractivity contribution in [1.82, 2.24) is 0 Å². The second kappa shape index (κ2) is 4.09. The lowest BCUT2D eigenvalue weighted by molar-refractivity contribution is 0.199. The van der Waals surface area contributed by atoms with Gasteiger partial charge in [0, 0.05) is 24.4 Å². The Morgan fingerprint density at radius 2 is 2.11 bits per heavy atom. The topological polar surface area (TPSA) is 43.4 Å². The maximum Gasteiger partial charge on any atom is 0.232 e. The summed E-state index contributed by atoms with van der Waals surface area (Å²) in [7, 11) is 3.10. The molecule has 0 unspecified atom stereocenters. The molecule has 0 aromatic carbocycles. The first-order valence-corrected chi connectivity index (χ1v) is 4.95.